The van der Waals surface area contributed by atoms with Gasteiger partial charge in [-0.1, -0.05) is 6.07 Å². The maximum absolute atomic E-state index is 13.9. The summed E-state index contributed by atoms with van der Waals surface area (Å²) in [5, 5.41) is 10.5. The first-order valence-electron chi connectivity index (χ1n) is 6.46. The van der Waals surface area contributed by atoms with Gasteiger partial charge in [0.15, 0.2) is 11.5 Å². The number of hydrogen-bond acceptors (Lipinski definition) is 4. The van der Waals surface area contributed by atoms with E-state index in [1.54, 1.807) is 18.2 Å². The largest absolute Gasteiger partial charge is 0.384 e. The highest BCUT2D eigenvalue weighted by Crippen LogP contribution is 2.44. The lowest BCUT2D eigenvalue weighted by Crippen LogP contribution is -2.09. The van der Waals surface area contributed by atoms with E-state index < -0.39 is 11.4 Å². The lowest BCUT2D eigenvalue weighted by molar-refractivity contribution is 0.146. The van der Waals surface area contributed by atoms with Crippen LogP contribution in [0.15, 0.2) is 30.6 Å². The molecule has 1 saturated carbocycles. The van der Waals surface area contributed by atoms with Crippen LogP contribution in [0.5, 0.6) is 0 Å². The summed E-state index contributed by atoms with van der Waals surface area (Å²) in [5.41, 5.74) is 0.0896. The minimum Gasteiger partial charge on any atom is -0.384 e. The average molecular weight is 305 g/mol. The van der Waals surface area contributed by atoms with Crippen molar-refractivity contribution in [3.63, 3.8) is 0 Å². The Morgan fingerprint density at radius 3 is 2.86 bits per heavy atom. The minimum atomic E-state index is -0.843. The summed E-state index contributed by atoms with van der Waals surface area (Å²) >= 11 is 5.78. The Morgan fingerprint density at radius 2 is 2.10 bits per heavy atom. The summed E-state index contributed by atoms with van der Waals surface area (Å²) < 4.78 is 15.5. The molecule has 4 rings (SSSR count). The van der Waals surface area contributed by atoms with E-state index in [1.807, 2.05) is 0 Å². The van der Waals surface area contributed by atoms with Crippen molar-refractivity contribution in [2.24, 2.45) is 0 Å². The van der Waals surface area contributed by atoms with Crippen molar-refractivity contribution in [3.8, 4) is 5.82 Å². The molecule has 5 nitrogen and oxygen atoms in total. The van der Waals surface area contributed by atoms with Crippen LogP contribution in [0.1, 0.15) is 18.5 Å². The molecule has 1 N–H and O–H groups in total. The molecule has 3 aromatic rings. The normalized spacial score (nSPS) is 16.3. The number of nitrogens with zero attached hydrogens (tertiary/aromatic N) is 4. The van der Waals surface area contributed by atoms with E-state index in [1.165, 1.54) is 17.0 Å². The number of halogens is 2. The molecule has 0 amide bonds. The van der Waals surface area contributed by atoms with Crippen LogP contribution in [0.3, 0.4) is 0 Å². The Morgan fingerprint density at radius 1 is 1.29 bits per heavy atom. The average Bonchev–Trinajstić information content (AvgIpc) is 3.15. The second-order valence-corrected chi connectivity index (χ2v) is 5.47. The predicted molar refractivity (Wildman–Crippen MR) is 74.8 cm³/mol. The minimum absolute atomic E-state index is 0.0406. The third kappa shape index (κ3) is 1.99. The molecule has 3 aromatic heterocycles. The second kappa shape index (κ2) is 4.22. The molecule has 1 aliphatic carbocycles. The van der Waals surface area contributed by atoms with E-state index in [9.17, 15) is 9.50 Å². The van der Waals surface area contributed by atoms with Crippen LogP contribution >= 0.6 is 11.6 Å². The van der Waals surface area contributed by atoms with E-state index in [2.05, 4.69) is 15.0 Å². The first-order chi connectivity index (χ1) is 10.1. The first-order valence-corrected chi connectivity index (χ1v) is 6.84. The molecule has 0 saturated heterocycles. The standard InChI is InChI=1S/C14H10ClFN4O/c15-13-17-6-8-9(16)7-20(12(8)19-13)11-3-1-2-10(18-11)14(21)4-5-14/h1-3,6-7,21H,4-5H2. The third-order valence-corrected chi connectivity index (χ3v) is 3.83. The SMILES string of the molecule is OC1(c2cccc(-n3cc(F)c4cnc(Cl)nc43)n2)CC1. The molecule has 1 fully saturated rings. The zero-order chi connectivity index (χ0) is 14.6. The topological polar surface area (TPSA) is 63.8 Å². The fourth-order valence-corrected chi connectivity index (χ4v) is 2.44. The Bertz CT molecular complexity index is 859. The molecule has 0 spiro atoms. The van der Waals surface area contributed by atoms with Gasteiger partial charge in [-0.2, -0.15) is 4.98 Å². The van der Waals surface area contributed by atoms with Crippen molar-refractivity contribution in [3.05, 3.63) is 47.4 Å². The number of hydrogen-bond donors (Lipinski definition) is 1. The molecule has 0 bridgehead atoms. The van der Waals surface area contributed by atoms with Gasteiger partial charge in [-0.05, 0) is 36.6 Å². The number of rotatable bonds is 2. The number of fused-ring (bicyclic) bond motifs is 1. The summed E-state index contributed by atoms with van der Waals surface area (Å²) in [6.07, 6.45) is 4.02. The first kappa shape index (κ1) is 12.7. The van der Waals surface area contributed by atoms with Gasteiger partial charge in [0.2, 0.25) is 5.28 Å². The molecule has 21 heavy (non-hydrogen) atoms. The summed E-state index contributed by atoms with van der Waals surface area (Å²) in [4.78, 5) is 12.3. The Balaban J connectivity index is 1.92. The van der Waals surface area contributed by atoms with E-state index in [0.717, 1.165) is 0 Å². The van der Waals surface area contributed by atoms with E-state index >= 15 is 0 Å². The Labute approximate surface area is 124 Å². The van der Waals surface area contributed by atoms with E-state index in [-0.39, 0.29) is 10.7 Å². The van der Waals surface area contributed by atoms with E-state index in [4.69, 9.17) is 11.6 Å². The van der Waals surface area contributed by atoms with Crippen LogP contribution in [0.2, 0.25) is 5.28 Å². The molecular formula is C14H10ClFN4O. The van der Waals surface area contributed by atoms with Crippen LogP contribution in [-0.2, 0) is 5.60 Å². The smallest absolute Gasteiger partial charge is 0.224 e. The molecule has 0 atom stereocenters. The van der Waals surface area contributed by atoms with Gasteiger partial charge in [-0.3, -0.25) is 4.57 Å². The molecule has 0 aliphatic heterocycles. The number of aromatic nitrogens is 4. The van der Waals surface area contributed by atoms with Crippen LogP contribution < -0.4 is 0 Å². The van der Waals surface area contributed by atoms with Crippen LogP contribution in [0.4, 0.5) is 4.39 Å². The van der Waals surface area contributed by atoms with Crippen molar-refractivity contribution >= 4 is 22.6 Å². The summed E-state index contributed by atoms with van der Waals surface area (Å²) in [5.74, 6) is 0.0375. The van der Waals surface area contributed by atoms with Crippen LogP contribution in [0, 0.1) is 5.82 Å². The van der Waals surface area contributed by atoms with Crippen molar-refractivity contribution in [2.45, 2.75) is 18.4 Å². The molecule has 1 aliphatic rings. The van der Waals surface area contributed by atoms with Crippen LogP contribution in [0.25, 0.3) is 16.9 Å². The Hall–Kier alpha value is -2.05. The highest BCUT2D eigenvalue weighted by atomic mass is 35.5. The zero-order valence-corrected chi connectivity index (χ0v) is 11.5. The zero-order valence-electron chi connectivity index (χ0n) is 10.8. The quantitative estimate of drug-likeness (QED) is 0.739. The Kier molecular flexibility index (Phi) is 2.55. The van der Waals surface area contributed by atoms with Gasteiger partial charge >= 0.3 is 0 Å². The molecule has 3 heterocycles. The maximum atomic E-state index is 13.9. The van der Waals surface area contributed by atoms with Gasteiger partial charge in [0.05, 0.1) is 11.1 Å². The molecule has 106 valence electrons. The summed E-state index contributed by atoms with van der Waals surface area (Å²) in [7, 11) is 0. The van der Waals surface area contributed by atoms with Crippen molar-refractivity contribution in [1.29, 1.82) is 0 Å². The van der Waals surface area contributed by atoms with E-state index in [0.29, 0.717) is 30.0 Å². The highest BCUT2D eigenvalue weighted by Gasteiger charge is 2.43. The van der Waals surface area contributed by atoms with Crippen molar-refractivity contribution < 1.29 is 9.50 Å². The number of aliphatic hydroxyl groups is 1. The predicted octanol–water partition coefficient (Wildman–Crippen LogP) is 2.59. The van der Waals surface area contributed by atoms with Gasteiger partial charge in [0.25, 0.3) is 0 Å². The third-order valence-electron chi connectivity index (χ3n) is 3.65. The molecular weight excluding hydrogens is 295 g/mol. The van der Waals surface area contributed by atoms with Gasteiger partial charge in [0, 0.05) is 12.4 Å². The molecule has 0 radical (unpaired) electrons. The fourth-order valence-electron chi connectivity index (χ4n) is 2.31. The van der Waals surface area contributed by atoms with Gasteiger partial charge < -0.3 is 5.11 Å². The van der Waals surface area contributed by atoms with Gasteiger partial charge in [-0.25, -0.2) is 14.4 Å². The van der Waals surface area contributed by atoms with Gasteiger partial charge in [0.1, 0.15) is 11.4 Å². The summed E-state index contributed by atoms with van der Waals surface area (Å²) in [6.45, 7) is 0. The second-order valence-electron chi connectivity index (χ2n) is 5.14. The van der Waals surface area contributed by atoms with Crippen LogP contribution in [-0.4, -0.2) is 24.6 Å². The molecule has 7 heteroatoms. The number of pyridine rings is 1. The van der Waals surface area contributed by atoms with Crippen molar-refractivity contribution in [1.82, 2.24) is 19.5 Å². The lowest BCUT2D eigenvalue weighted by atomic mass is 10.2. The van der Waals surface area contributed by atoms with Gasteiger partial charge in [-0.15, -0.1) is 0 Å². The fraction of sp³-hybridized carbons (Fsp3) is 0.214. The maximum Gasteiger partial charge on any atom is 0.224 e. The molecule has 0 unspecified atom stereocenters. The lowest BCUT2D eigenvalue weighted by Gasteiger charge is -2.09. The highest BCUT2D eigenvalue weighted by molar-refractivity contribution is 6.28. The molecule has 0 aromatic carbocycles. The van der Waals surface area contributed by atoms with Crippen molar-refractivity contribution in [2.75, 3.05) is 0 Å². The monoisotopic (exact) mass is 304 g/mol. The summed E-state index contributed by atoms with van der Waals surface area (Å²) in [6, 6.07) is 5.27.